The fraction of sp³-hybridized carbons (Fsp3) is 0.0476. The molecule has 0 radical (unpaired) electrons. The molecule has 1 amide bonds. The molecule has 31 heavy (non-hydrogen) atoms. The molecule has 0 atom stereocenters. The number of nitrogens with zero attached hydrogens (tertiary/aromatic N) is 1. The third kappa shape index (κ3) is 4.18. The van der Waals surface area contributed by atoms with Crippen molar-refractivity contribution < 1.29 is 17.9 Å². The molecule has 0 bridgehead atoms. The first-order valence-electron chi connectivity index (χ1n) is 9.09. The highest BCUT2D eigenvalue weighted by atomic mass is 35.5. The number of ether oxygens (including phenoxy) is 1. The van der Waals surface area contributed by atoms with Crippen LogP contribution in [-0.2, 0) is 10.0 Å². The number of fused-ring (bicyclic) bond motifs is 1. The van der Waals surface area contributed by atoms with Crippen LogP contribution in [0.15, 0.2) is 71.6 Å². The van der Waals surface area contributed by atoms with Crippen LogP contribution in [0.3, 0.4) is 0 Å². The Morgan fingerprint density at radius 1 is 1.06 bits per heavy atom. The molecule has 0 saturated carbocycles. The third-order valence-corrected chi connectivity index (χ3v) is 6.36. The second-order valence-corrected chi connectivity index (χ2v) is 8.58. The van der Waals surface area contributed by atoms with E-state index in [1.54, 1.807) is 42.5 Å². The first-order valence-corrected chi connectivity index (χ1v) is 10.9. The van der Waals surface area contributed by atoms with E-state index in [-0.39, 0.29) is 27.0 Å². The van der Waals surface area contributed by atoms with Crippen LogP contribution in [0, 0.1) is 0 Å². The number of H-pyrrole nitrogens is 1. The lowest BCUT2D eigenvalue weighted by atomic mass is 10.2. The molecular formula is C21H17ClN4O4S. The lowest BCUT2D eigenvalue weighted by Gasteiger charge is -2.13. The Balaban J connectivity index is 1.63. The normalized spacial score (nSPS) is 11.3. The molecule has 0 aliphatic heterocycles. The van der Waals surface area contributed by atoms with Crippen molar-refractivity contribution in [1.29, 1.82) is 0 Å². The van der Waals surface area contributed by atoms with E-state index in [0.717, 1.165) is 0 Å². The second-order valence-electron chi connectivity index (χ2n) is 6.52. The zero-order valence-electron chi connectivity index (χ0n) is 16.2. The van der Waals surface area contributed by atoms with Gasteiger partial charge in [0.1, 0.15) is 10.6 Å². The molecule has 0 spiro atoms. The summed E-state index contributed by atoms with van der Waals surface area (Å²) in [6, 6.07) is 18.0. The van der Waals surface area contributed by atoms with Crippen LogP contribution >= 0.6 is 11.6 Å². The van der Waals surface area contributed by atoms with Crippen molar-refractivity contribution in [2.75, 3.05) is 17.1 Å². The number of nitrogens with one attached hydrogen (secondary N) is 3. The highest BCUT2D eigenvalue weighted by molar-refractivity contribution is 7.92. The van der Waals surface area contributed by atoms with E-state index in [4.69, 9.17) is 16.3 Å². The van der Waals surface area contributed by atoms with Crippen molar-refractivity contribution >= 4 is 49.8 Å². The van der Waals surface area contributed by atoms with Crippen LogP contribution in [-0.4, -0.2) is 31.6 Å². The van der Waals surface area contributed by atoms with Gasteiger partial charge in [0.2, 0.25) is 0 Å². The maximum Gasteiger partial charge on any atom is 0.276 e. The summed E-state index contributed by atoms with van der Waals surface area (Å²) in [6.45, 7) is 0. The van der Waals surface area contributed by atoms with E-state index in [1.165, 1.54) is 25.3 Å². The Morgan fingerprint density at radius 3 is 2.61 bits per heavy atom. The van der Waals surface area contributed by atoms with Gasteiger partial charge in [-0.1, -0.05) is 41.9 Å². The Hall–Kier alpha value is -3.56. The number of hydrogen-bond acceptors (Lipinski definition) is 5. The molecule has 0 fully saturated rings. The maximum atomic E-state index is 13.0. The SMILES string of the molecule is COc1ccccc1NS(=O)(=O)c1cc(NC(=O)c2n[nH]c3ccccc23)ccc1Cl. The Bertz CT molecular complexity index is 1390. The number of halogens is 1. The first-order chi connectivity index (χ1) is 14.9. The van der Waals surface area contributed by atoms with Crippen molar-refractivity contribution in [3.8, 4) is 5.75 Å². The number of carbonyl (C=O) groups excluding carboxylic acids is 1. The zero-order chi connectivity index (χ0) is 22.0. The number of anilines is 2. The number of amides is 1. The van der Waals surface area contributed by atoms with E-state index >= 15 is 0 Å². The number of hydrogen-bond donors (Lipinski definition) is 3. The van der Waals surface area contributed by atoms with Gasteiger partial charge in [-0.25, -0.2) is 8.42 Å². The molecule has 0 aliphatic carbocycles. The molecule has 10 heteroatoms. The molecule has 0 unspecified atom stereocenters. The number of para-hydroxylation sites is 3. The number of carbonyl (C=O) groups is 1. The molecular weight excluding hydrogens is 440 g/mol. The molecule has 3 aromatic carbocycles. The summed E-state index contributed by atoms with van der Waals surface area (Å²) in [5, 5.41) is 10.2. The number of aromatic amines is 1. The zero-order valence-corrected chi connectivity index (χ0v) is 17.8. The van der Waals surface area contributed by atoms with Crippen LogP contribution in [0.2, 0.25) is 5.02 Å². The molecule has 1 aromatic heterocycles. The third-order valence-electron chi connectivity index (χ3n) is 4.52. The molecule has 4 aromatic rings. The van der Waals surface area contributed by atoms with E-state index in [2.05, 4.69) is 20.2 Å². The fourth-order valence-electron chi connectivity index (χ4n) is 3.04. The monoisotopic (exact) mass is 456 g/mol. The van der Waals surface area contributed by atoms with E-state index < -0.39 is 15.9 Å². The van der Waals surface area contributed by atoms with Crippen LogP contribution in [0.4, 0.5) is 11.4 Å². The molecule has 0 aliphatic rings. The van der Waals surface area contributed by atoms with Crippen LogP contribution < -0.4 is 14.8 Å². The number of sulfonamides is 1. The number of rotatable bonds is 6. The van der Waals surface area contributed by atoms with Gasteiger partial charge in [-0.2, -0.15) is 5.10 Å². The standard InChI is InChI=1S/C21H17ClN4O4S/c1-30-18-9-5-4-8-17(18)26-31(28,29)19-12-13(10-11-15(19)22)23-21(27)20-14-6-2-3-7-16(14)24-25-20/h2-12,26H,1H3,(H,23,27)(H,24,25). The number of methoxy groups -OCH3 is 1. The Morgan fingerprint density at radius 2 is 1.81 bits per heavy atom. The smallest absolute Gasteiger partial charge is 0.276 e. The molecule has 8 nitrogen and oxygen atoms in total. The van der Waals surface area contributed by atoms with Gasteiger partial charge in [-0.15, -0.1) is 0 Å². The van der Waals surface area contributed by atoms with Gasteiger partial charge in [-0.3, -0.25) is 14.6 Å². The van der Waals surface area contributed by atoms with Gasteiger partial charge in [0, 0.05) is 11.1 Å². The molecule has 158 valence electrons. The van der Waals surface area contributed by atoms with Crippen molar-refractivity contribution in [3.63, 3.8) is 0 Å². The van der Waals surface area contributed by atoms with Crippen molar-refractivity contribution in [1.82, 2.24) is 10.2 Å². The van der Waals surface area contributed by atoms with Gasteiger partial charge in [0.15, 0.2) is 5.69 Å². The van der Waals surface area contributed by atoms with Gasteiger partial charge in [0.05, 0.1) is 23.3 Å². The highest BCUT2D eigenvalue weighted by Crippen LogP contribution is 2.30. The molecule has 4 rings (SSSR count). The van der Waals surface area contributed by atoms with Crippen LogP contribution in [0.5, 0.6) is 5.75 Å². The summed E-state index contributed by atoms with van der Waals surface area (Å²) in [6.07, 6.45) is 0. The van der Waals surface area contributed by atoms with E-state index in [0.29, 0.717) is 16.7 Å². The maximum absolute atomic E-state index is 13.0. The minimum Gasteiger partial charge on any atom is -0.495 e. The Labute approximate surface area is 183 Å². The molecule has 0 saturated heterocycles. The predicted octanol–water partition coefficient (Wildman–Crippen LogP) is 4.28. The van der Waals surface area contributed by atoms with Crippen molar-refractivity contribution in [3.05, 3.63) is 77.4 Å². The molecule has 3 N–H and O–H groups in total. The lowest BCUT2D eigenvalue weighted by molar-refractivity contribution is 0.102. The topological polar surface area (TPSA) is 113 Å². The highest BCUT2D eigenvalue weighted by Gasteiger charge is 2.21. The predicted molar refractivity (Wildman–Crippen MR) is 119 cm³/mol. The second kappa shape index (κ2) is 8.29. The summed E-state index contributed by atoms with van der Waals surface area (Å²) in [5.74, 6) is -0.127. The lowest BCUT2D eigenvalue weighted by Crippen LogP contribution is -2.16. The van der Waals surface area contributed by atoms with Gasteiger partial charge in [-0.05, 0) is 36.4 Å². The van der Waals surface area contributed by atoms with Gasteiger partial charge in [0.25, 0.3) is 15.9 Å². The number of benzene rings is 3. The first kappa shape index (κ1) is 20.7. The van der Waals surface area contributed by atoms with Crippen LogP contribution in [0.1, 0.15) is 10.5 Å². The average molecular weight is 457 g/mol. The fourth-order valence-corrected chi connectivity index (χ4v) is 4.64. The quantitative estimate of drug-likeness (QED) is 0.401. The average Bonchev–Trinajstić information content (AvgIpc) is 3.19. The van der Waals surface area contributed by atoms with Crippen molar-refractivity contribution in [2.45, 2.75) is 4.90 Å². The summed E-state index contributed by atoms with van der Waals surface area (Å²) in [7, 11) is -2.62. The van der Waals surface area contributed by atoms with Gasteiger partial charge < -0.3 is 10.1 Å². The molecule has 1 heterocycles. The summed E-state index contributed by atoms with van der Waals surface area (Å²) < 4.78 is 33.5. The number of aromatic nitrogens is 2. The van der Waals surface area contributed by atoms with E-state index in [9.17, 15) is 13.2 Å². The minimum atomic E-state index is -4.06. The minimum absolute atomic E-state index is 0.00520. The van der Waals surface area contributed by atoms with E-state index in [1.807, 2.05) is 6.07 Å². The largest absolute Gasteiger partial charge is 0.495 e. The summed E-state index contributed by atoms with van der Waals surface area (Å²) in [4.78, 5) is 12.5. The summed E-state index contributed by atoms with van der Waals surface area (Å²) in [5.41, 5.74) is 1.43. The summed E-state index contributed by atoms with van der Waals surface area (Å²) >= 11 is 6.15. The van der Waals surface area contributed by atoms with Crippen LogP contribution in [0.25, 0.3) is 10.9 Å². The Kier molecular flexibility index (Phi) is 5.53. The van der Waals surface area contributed by atoms with Gasteiger partial charge >= 0.3 is 0 Å². The van der Waals surface area contributed by atoms with Crippen molar-refractivity contribution in [2.24, 2.45) is 0 Å².